The third-order valence-corrected chi connectivity index (χ3v) is 2.80. The minimum atomic E-state index is 0.744. The van der Waals surface area contributed by atoms with Gasteiger partial charge in [-0.3, -0.25) is 0 Å². The molecule has 1 N–H and O–H groups in total. The minimum Gasteiger partial charge on any atom is -0.494 e. The molecular formula is C16H21NO2. The fraction of sp³-hybridized carbons (Fsp3) is 0.375. The Morgan fingerprint density at radius 2 is 2.05 bits per heavy atom. The Balaban J connectivity index is 1.82. The lowest BCUT2D eigenvalue weighted by Gasteiger charge is -2.07. The van der Waals surface area contributed by atoms with Crippen LogP contribution in [0.15, 0.2) is 40.8 Å². The summed E-state index contributed by atoms with van der Waals surface area (Å²) in [6.45, 7) is 6.38. The minimum absolute atomic E-state index is 0.744. The average Bonchev–Trinajstić information content (AvgIpc) is 2.83. The summed E-state index contributed by atoms with van der Waals surface area (Å²) in [6, 6.07) is 12.2. The molecule has 3 heteroatoms. The number of aryl methyl sites for hydroxylation is 1. The van der Waals surface area contributed by atoms with E-state index in [4.69, 9.17) is 9.15 Å². The van der Waals surface area contributed by atoms with Gasteiger partial charge in [0.2, 0.25) is 0 Å². The first-order chi connectivity index (χ1) is 9.28. The van der Waals surface area contributed by atoms with Gasteiger partial charge in [-0.05, 0) is 43.2 Å². The second-order valence-electron chi connectivity index (χ2n) is 4.61. The van der Waals surface area contributed by atoms with E-state index in [2.05, 4.69) is 24.4 Å². The second-order valence-corrected chi connectivity index (χ2v) is 4.61. The summed E-state index contributed by atoms with van der Waals surface area (Å²) < 4.78 is 11.1. The lowest BCUT2D eigenvalue weighted by Crippen LogP contribution is -2.12. The molecule has 0 amide bonds. The molecule has 0 spiro atoms. The van der Waals surface area contributed by atoms with Crippen molar-refractivity contribution in [2.75, 3.05) is 6.61 Å². The van der Waals surface area contributed by atoms with Gasteiger partial charge in [0.1, 0.15) is 17.3 Å². The Morgan fingerprint density at radius 1 is 1.16 bits per heavy atom. The number of benzene rings is 1. The molecule has 0 aliphatic heterocycles. The quantitative estimate of drug-likeness (QED) is 0.824. The van der Waals surface area contributed by atoms with Gasteiger partial charge < -0.3 is 14.5 Å². The van der Waals surface area contributed by atoms with Crippen LogP contribution in [0.5, 0.6) is 5.75 Å². The fourth-order valence-corrected chi connectivity index (χ4v) is 1.88. The number of rotatable bonds is 7. The largest absolute Gasteiger partial charge is 0.494 e. The van der Waals surface area contributed by atoms with Crippen LogP contribution >= 0.6 is 0 Å². The van der Waals surface area contributed by atoms with E-state index in [1.807, 2.05) is 31.2 Å². The molecule has 0 saturated carbocycles. The topological polar surface area (TPSA) is 34.4 Å². The molecule has 0 radical (unpaired) electrons. The Hall–Kier alpha value is -1.74. The predicted molar refractivity (Wildman–Crippen MR) is 76.2 cm³/mol. The SMILES string of the molecule is CCCOc1cccc(CNCc2ccc(C)o2)c1. The Bertz CT molecular complexity index is 505. The van der Waals surface area contributed by atoms with Crippen LogP contribution < -0.4 is 10.1 Å². The molecule has 0 fully saturated rings. The highest BCUT2D eigenvalue weighted by atomic mass is 16.5. The monoisotopic (exact) mass is 259 g/mol. The number of hydrogen-bond donors (Lipinski definition) is 1. The molecule has 1 heterocycles. The molecule has 0 aliphatic carbocycles. The summed E-state index contributed by atoms with van der Waals surface area (Å²) in [6.07, 6.45) is 1.03. The first-order valence-electron chi connectivity index (χ1n) is 6.75. The van der Waals surface area contributed by atoms with Crippen molar-refractivity contribution in [2.24, 2.45) is 0 Å². The molecule has 0 aliphatic rings. The normalized spacial score (nSPS) is 10.6. The zero-order chi connectivity index (χ0) is 13.5. The standard InChI is InChI=1S/C16H21NO2/c1-3-9-18-15-6-4-5-14(10-15)11-17-12-16-8-7-13(2)19-16/h4-8,10,17H,3,9,11-12H2,1-2H3. The van der Waals surface area contributed by atoms with E-state index in [0.717, 1.165) is 43.4 Å². The third kappa shape index (κ3) is 4.45. The van der Waals surface area contributed by atoms with Gasteiger partial charge in [-0.1, -0.05) is 19.1 Å². The maximum atomic E-state index is 5.62. The third-order valence-electron chi connectivity index (χ3n) is 2.80. The lowest BCUT2D eigenvalue weighted by atomic mass is 10.2. The lowest BCUT2D eigenvalue weighted by molar-refractivity contribution is 0.317. The van der Waals surface area contributed by atoms with Crippen LogP contribution in [0.1, 0.15) is 30.4 Å². The van der Waals surface area contributed by atoms with Crippen molar-refractivity contribution in [3.63, 3.8) is 0 Å². The Labute approximate surface area is 114 Å². The Morgan fingerprint density at radius 3 is 2.79 bits per heavy atom. The van der Waals surface area contributed by atoms with Gasteiger partial charge in [0.25, 0.3) is 0 Å². The molecular weight excluding hydrogens is 238 g/mol. The molecule has 102 valence electrons. The van der Waals surface area contributed by atoms with Crippen LogP contribution in [-0.2, 0) is 13.1 Å². The van der Waals surface area contributed by atoms with E-state index < -0.39 is 0 Å². The van der Waals surface area contributed by atoms with Gasteiger partial charge in [0, 0.05) is 6.54 Å². The second kappa shape index (κ2) is 7.00. The highest BCUT2D eigenvalue weighted by Gasteiger charge is 2.00. The summed E-state index contributed by atoms with van der Waals surface area (Å²) in [4.78, 5) is 0. The predicted octanol–water partition coefficient (Wildman–Crippen LogP) is 3.67. The van der Waals surface area contributed by atoms with Crippen LogP contribution in [-0.4, -0.2) is 6.61 Å². The molecule has 1 aromatic carbocycles. The zero-order valence-corrected chi connectivity index (χ0v) is 11.6. The highest BCUT2D eigenvalue weighted by Crippen LogP contribution is 2.14. The van der Waals surface area contributed by atoms with Crippen molar-refractivity contribution in [2.45, 2.75) is 33.4 Å². The fourth-order valence-electron chi connectivity index (χ4n) is 1.88. The number of nitrogens with one attached hydrogen (secondary N) is 1. The molecule has 3 nitrogen and oxygen atoms in total. The van der Waals surface area contributed by atoms with Crippen molar-refractivity contribution in [3.8, 4) is 5.75 Å². The number of ether oxygens (including phenoxy) is 1. The van der Waals surface area contributed by atoms with Crippen LogP contribution in [0.25, 0.3) is 0 Å². The molecule has 2 rings (SSSR count). The molecule has 19 heavy (non-hydrogen) atoms. The summed E-state index contributed by atoms with van der Waals surface area (Å²) in [5, 5.41) is 3.37. The zero-order valence-electron chi connectivity index (χ0n) is 11.6. The van der Waals surface area contributed by atoms with Crippen molar-refractivity contribution >= 4 is 0 Å². The van der Waals surface area contributed by atoms with E-state index in [1.165, 1.54) is 5.56 Å². The van der Waals surface area contributed by atoms with Gasteiger partial charge >= 0.3 is 0 Å². The van der Waals surface area contributed by atoms with Crippen LogP contribution in [0.3, 0.4) is 0 Å². The van der Waals surface area contributed by atoms with Gasteiger partial charge in [-0.25, -0.2) is 0 Å². The van der Waals surface area contributed by atoms with E-state index in [-0.39, 0.29) is 0 Å². The van der Waals surface area contributed by atoms with Crippen LogP contribution in [0, 0.1) is 6.92 Å². The first kappa shape index (κ1) is 13.7. The van der Waals surface area contributed by atoms with E-state index >= 15 is 0 Å². The maximum Gasteiger partial charge on any atom is 0.119 e. The van der Waals surface area contributed by atoms with E-state index in [0.29, 0.717) is 0 Å². The van der Waals surface area contributed by atoms with Crippen LogP contribution in [0.2, 0.25) is 0 Å². The summed E-state index contributed by atoms with van der Waals surface area (Å²) in [5.74, 6) is 2.86. The van der Waals surface area contributed by atoms with Gasteiger partial charge in [0.05, 0.1) is 13.2 Å². The molecule has 0 unspecified atom stereocenters. The van der Waals surface area contributed by atoms with Gasteiger partial charge in [0.15, 0.2) is 0 Å². The van der Waals surface area contributed by atoms with Crippen molar-refractivity contribution in [3.05, 3.63) is 53.5 Å². The summed E-state index contributed by atoms with van der Waals surface area (Å²) in [7, 11) is 0. The number of furan rings is 1. The average molecular weight is 259 g/mol. The molecule has 0 saturated heterocycles. The number of hydrogen-bond acceptors (Lipinski definition) is 3. The van der Waals surface area contributed by atoms with Crippen molar-refractivity contribution < 1.29 is 9.15 Å². The van der Waals surface area contributed by atoms with Gasteiger partial charge in [-0.2, -0.15) is 0 Å². The Kier molecular flexibility index (Phi) is 5.04. The summed E-state index contributed by atoms with van der Waals surface area (Å²) in [5.41, 5.74) is 1.22. The van der Waals surface area contributed by atoms with E-state index in [1.54, 1.807) is 0 Å². The van der Waals surface area contributed by atoms with Crippen molar-refractivity contribution in [1.29, 1.82) is 0 Å². The first-order valence-corrected chi connectivity index (χ1v) is 6.75. The molecule has 0 bridgehead atoms. The highest BCUT2D eigenvalue weighted by molar-refractivity contribution is 5.28. The molecule has 1 aromatic heterocycles. The molecule has 0 atom stereocenters. The molecule has 2 aromatic rings. The van der Waals surface area contributed by atoms with E-state index in [9.17, 15) is 0 Å². The van der Waals surface area contributed by atoms with Crippen molar-refractivity contribution in [1.82, 2.24) is 5.32 Å². The van der Waals surface area contributed by atoms with Crippen LogP contribution in [0.4, 0.5) is 0 Å². The van der Waals surface area contributed by atoms with Gasteiger partial charge in [-0.15, -0.1) is 0 Å². The smallest absolute Gasteiger partial charge is 0.119 e. The summed E-state index contributed by atoms with van der Waals surface area (Å²) >= 11 is 0. The maximum absolute atomic E-state index is 5.62.